The van der Waals surface area contributed by atoms with Gasteiger partial charge in [0.05, 0.1) is 11.8 Å². The van der Waals surface area contributed by atoms with E-state index < -0.39 is 12.1 Å². The molecular weight excluding hydrogens is 665 g/mol. The van der Waals surface area contributed by atoms with Crippen molar-refractivity contribution in [3.05, 3.63) is 132 Å². The molecular formula is C44H44N4O5. The molecule has 2 aliphatic heterocycles. The Labute approximate surface area is 310 Å². The Morgan fingerprint density at radius 2 is 0.925 bits per heavy atom. The summed E-state index contributed by atoms with van der Waals surface area (Å²) in [6, 6.07) is 37.0. The third-order valence-corrected chi connectivity index (χ3v) is 10.5. The second kappa shape index (κ2) is 15.7. The van der Waals surface area contributed by atoms with Crippen molar-refractivity contribution < 1.29 is 23.6 Å². The molecule has 0 saturated carbocycles. The summed E-state index contributed by atoms with van der Waals surface area (Å²) in [6.07, 6.45) is 2.85. The van der Waals surface area contributed by atoms with Crippen molar-refractivity contribution in [3.63, 3.8) is 0 Å². The highest BCUT2D eigenvalue weighted by Gasteiger charge is 2.37. The zero-order valence-corrected chi connectivity index (χ0v) is 30.0. The number of furan rings is 1. The number of hydrogen-bond donors (Lipinski definition) is 2. The summed E-state index contributed by atoms with van der Waals surface area (Å²) in [6.45, 7) is 4.92. The van der Waals surface area contributed by atoms with E-state index in [0.29, 0.717) is 48.8 Å². The van der Waals surface area contributed by atoms with E-state index in [4.69, 9.17) is 4.42 Å². The van der Waals surface area contributed by atoms with Crippen LogP contribution in [0.1, 0.15) is 62.5 Å². The van der Waals surface area contributed by atoms with Gasteiger partial charge in [0, 0.05) is 35.6 Å². The van der Waals surface area contributed by atoms with Gasteiger partial charge in [-0.2, -0.15) is 0 Å². The van der Waals surface area contributed by atoms with Crippen molar-refractivity contribution in [2.24, 2.45) is 0 Å². The molecule has 2 saturated heterocycles. The van der Waals surface area contributed by atoms with Crippen LogP contribution in [-0.4, -0.2) is 58.6 Å². The van der Waals surface area contributed by atoms with E-state index in [0.717, 1.165) is 35.1 Å². The van der Waals surface area contributed by atoms with Crippen molar-refractivity contribution in [1.29, 1.82) is 0 Å². The van der Waals surface area contributed by atoms with E-state index in [1.165, 1.54) is 0 Å². The van der Waals surface area contributed by atoms with Gasteiger partial charge in [0.15, 0.2) is 0 Å². The zero-order chi connectivity index (χ0) is 36.9. The highest BCUT2D eigenvalue weighted by molar-refractivity contribution is 5.99. The second-order valence-corrected chi connectivity index (χ2v) is 13.9. The molecule has 4 aromatic carbocycles. The highest BCUT2D eigenvalue weighted by Crippen LogP contribution is 2.32. The van der Waals surface area contributed by atoms with E-state index in [-0.39, 0.29) is 35.5 Å². The van der Waals surface area contributed by atoms with Crippen LogP contribution in [0.25, 0.3) is 22.6 Å². The molecule has 7 rings (SSSR count). The minimum Gasteiger partial charge on any atom is -0.456 e. The molecule has 2 fully saturated rings. The molecule has 4 amide bonds. The van der Waals surface area contributed by atoms with Crippen molar-refractivity contribution in [3.8, 4) is 22.6 Å². The Kier molecular flexibility index (Phi) is 10.5. The molecule has 53 heavy (non-hydrogen) atoms. The lowest BCUT2D eigenvalue weighted by atomic mass is 9.99. The molecule has 0 spiro atoms. The van der Waals surface area contributed by atoms with Crippen LogP contribution >= 0.6 is 0 Å². The van der Waals surface area contributed by atoms with Gasteiger partial charge in [0.25, 0.3) is 0 Å². The fourth-order valence-corrected chi connectivity index (χ4v) is 7.41. The van der Waals surface area contributed by atoms with E-state index >= 15 is 0 Å². The average molecular weight is 709 g/mol. The van der Waals surface area contributed by atoms with Crippen molar-refractivity contribution in [2.45, 2.75) is 63.5 Å². The number of carbonyl (C=O) groups excluding carboxylic acids is 4. The van der Waals surface area contributed by atoms with Gasteiger partial charge in [-0.1, -0.05) is 60.7 Å². The summed E-state index contributed by atoms with van der Waals surface area (Å²) in [5.41, 5.74) is 4.88. The fraction of sp³-hybridized carbons (Fsp3) is 0.273. The maximum absolute atomic E-state index is 13.3. The molecule has 270 valence electrons. The third kappa shape index (κ3) is 7.79. The molecule has 0 aliphatic carbocycles. The van der Waals surface area contributed by atoms with E-state index in [2.05, 4.69) is 10.6 Å². The number of anilines is 2. The van der Waals surface area contributed by atoms with Gasteiger partial charge in [0.2, 0.25) is 23.6 Å². The van der Waals surface area contributed by atoms with E-state index in [9.17, 15) is 19.2 Å². The minimum atomic E-state index is -0.504. The van der Waals surface area contributed by atoms with Gasteiger partial charge in [-0.25, -0.2) is 0 Å². The van der Waals surface area contributed by atoms with Crippen molar-refractivity contribution >= 4 is 35.0 Å². The lowest BCUT2D eigenvalue weighted by Crippen LogP contribution is -2.44. The Hall–Kier alpha value is -5.96. The van der Waals surface area contributed by atoms with Gasteiger partial charge in [-0.05, 0) is 111 Å². The molecule has 9 heteroatoms. The molecule has 4 atom stereocenters. The molecule has 2 N–H and O–H groups in total. The molecule has 2 aliphatic rings. The maximum atomic E-state index is 13.3. The molecule has 0 bridgehead atoms. The number of hydrogen-bond acceptors (Lipinski definition) is 5. The Bertz CT molecular complexity index is 1910. The number of nitrogens with one attached hydrogen (secondary N) is 2. The number of likely N-dealkylation sites (tertiary alicyclic amines) is 2. The van der Waals surface area contributed by atoms with Gasteiger partial charge < -0.3 is 24.9 Å². The minimum absolute atomic E-state index is 0.0323. The quantitative estimate of drug-likeness (QED) is 0.152. The van der Waals surface area contributed by atoms with E-state index in [1.807, 2.05) is 135 Å². The molecule has 1 aromatic heterocycles. The van der Waals surface area contributed by atoms with Crippen LogP contribution in [0.4, 0.5) is 11.4 Å². The van der Waals surface area contributed by atoms with Gasteiger partial charge >= 0.3 is 0 Å². The number of rotatable bonds is 10. The van der Waals surface area contributed by atoms with Crippen LogP contribution in [0.2, 0.25) is 0 Å². The van der Waals surface area contributed by atoms with Gasteiger partial charge in [0.1, 0.15) is 23.6 Å². The normalized spacial score (nSPS) is 18.0. The fourth-order valence-electron chi connectivity index (χ4n) is 7.41. The smallest absolute Gasteiger partial charge is 0.247 e. The van der Waals surface area contributed by atoms with E-state index in [1.54, 1.807) is 9.80 Å². The number of benzene rings is 4. The Morgan fingerprint density at radius 3 is 1.30 bits per heavy atom. The predicted octanol–water partition coefficient (Wildman–Crippen LogP) is 8.08. The topological polar surface area (TPSA) is 112 Å². The third-order valence-electron chi connectivity index (χ3n) is 10.5. The average Bonchev–Trinajstić information content (AvgIpc) is 4.00. The largest absolute Gasteiger partial charge is 0.456 e. The zero-order valence-electron chi connectivity index (χ0n) is 30.0. The van der Waals surface area contributed by atoms with Crippen molar-refractivity contribution in [1.82, 2.24) is 9.80 Å². The first-order chi connectivity index (χ1) is 25.8. The predicted molar refractivity (Wildman–Crippen MR) is 206 cm³/mol. The SMILES string of the molecule is C[C@@H](C(=O)N1CCC[C@H]1C(=O)Nc1ccc(-c2ccc(-c3ccc(NC(=O)[C@@H]4CCCN4C(=O)[C@H](C)c4ccccc4)cc3)o2)cc1)c1ccccc1. The summed E-state index contributed by atoms with van der Waals surface area (Å²) in [4.78, 5) is 56.7. The number of carbonyl (C=O) groups is 4. The molecule has 9 nitrogen and oxygen atoms in total. The van der Waals surface area contributed by atoms with Gasteiger partial charge in [-0.3, -0.25) is 19.2 Å². The summed E-state index contributed by atoms with van der Waals surface area (Å²) < 4.78 is 6.20. The van der Waals surface area contributed by atoms with Crippen LogP contribution in [0.15, 0.2) is 126 Å². The van der Waals surface area contributed by atoms with Gasteiger partial charge in [-0.15, -0.1) is 0 Å². The standard InChI is InChI=1S/C44H44N4O5/c1-29(31-11-5-3-6-12-31)43(51)47-27-9-15-37(47)41(49)45-35-21-17-33(18-22-35)39-25-26-40(53-39)34-19-23-36(24-20-34)46-42(50)38-16-10-28-48(38)44(52)30(2)32-13-7-4-8-14-32/h3-8,11-14,17-26,29-30,37-38H,9-10,15-16,27-28H2,1-2H3,(H,45,49)(H,46,50)/t29-,30-,37+,38+/m1/s1. The summed E-state index contributed by atoms with van der Waals surface area (Å²) in [5.74, 6) is 0.279. The van der Waals surface area contributed by atoms with Crippen LogP contribution in [-0.2, 0) is 19.2 Å². The molecule has 0 radical (unpaired) electrons. The first kappa shape index (κ1) is 35.4. The first-order valence-corrected chi connectivity index (χ1v) is 18.4. The lowest BCUT2D eigenvalue weighted by molar-refractivity contribution is -0.137. The summed E-state index contributed by atoms with van der Waals surface area (Å²) in [7, 11) is 0. The second-order valence-electron chi connectivity index (χ2n) is 13.9. The Balaban J connectivity index is 0.938. The maximum Gasteiger partial charge on any atom is 0.247 e. The molecule has 0 unspecified atom stereocenters. The number of nitrogens with zero attached hydrogens (tertiary/aromatic N) is 2. The lowest BCUT2D eigenvalue weighted by Gasteiger charge is -2.27. The van der Waals surface area contributed by atoms with Crippen LogP contribution in [0, 0.1) is 0 Å². The monoisotopic (exact) mass is 708 g/mol. The highest BCUT2D eigenvalue weighted by atomic mass is 16.3. The Morgan fingerprint density at radius 1 is 0.547 bits per heavy atom. The van der Waals surface area contributed by atoms with Crippen LogP contribution in [0.3, 0.4) is 0 Å². The summed E-state index contributed by atoms with van der Waals surface area (Å²) >= 11 is 0. The molecule has 3 heterocycles. The van der Waals surface area contributed by atoms with Crippen molar-refractivity contribution in [2.75, 3.05) is 23.7 Å². The van der Waals surface area contributed by atoms with Crippen LogP contribution in [0.5, 0.6) is 0 Å². The molecule has 5 aromatic rings. The number of amides is 4. The first-order valence-electron chi connectivity index (χ1n) is 18.4. The van der Waals surface area contributed by atoms with Crippen LogP contribution < -0.4 is 10.6 Å². The summed E-state index contributed by atoms with van der Waals surface area (Å²) in [5, 5.41) is 6.00.